The number of nitrogens with zero attached hydrogens (tertiary/aromatic N) is 2. The summed E-state index contributed by atoms with van der Waals surface area (Å²) in [5, 5.41) is 10.3. The minimum atomic E-state index is -0.825. The Hall–Kier alpha value is -1.20. The Bertz CT molecular complexity index is 664. The van der Waals surface area contributed by atoms with Crippen LogP contribution in [0.15, 0.2) is 23.4 Å². The fourth-order valence-corrected chi connectivity index (χ4v) is 3.66. The molecule has 3 rings (SSSR count). The Labute approximate surface area is 126 Å². The molecule has 0 atom stereocenters. The highest BCUT2D eigenvalue weighted by molar-refractivity contribution is 7.99. The van der Waals surface area contributed by atoms with Gasteiger partial charge in [-0.15, -0.1) is 0 Å². The third-order valence-electron chi connectivity index (χ3n) is 3.66. The predicted molar refractivity (Wildman–Crippen MR) is 80.5 cm³/mol. The molecule has 0 spiro atoms. The maximum absolute atomic E-state index is 10.8. The van der Waals surface area contributed by atoms with Crippen LogP contribution < -0.4 is 0 Å². The quantitative estimate of drug-likeness (QED) is 0.872. The van der Waals surface area contributed by atoms with E-state index in [1.54, 1.807) is 0 Å². The zero-order valence-electron chi connectivity index (χ0n) is 11.0. The summed E-state index contributed by atoms with van der Waals surface area (Å²) in [6.45, 7) is 2.23. The normalized spacial score (nSPS) is 21.9. The molecule has 0 saturated heterocycles. The molecule has 1 N–H and O–H groups in total. The monoisotopic (exact) mass is 310 g/mol. The van der Waals surface area contributed by atoms with Crippen LogP contribution in [0, 0.1) is 5.92 Å². The Morgan fingerprint density at radius 3 is 2.95 bits per heavy atom. The van der Waals surface area contributed by atoms with E-state index in [1.807, 2.05) is 18.2 Å². The second-order valence-corrected chi connectivity index (χ2v) is 6.69. The first kappa shape index (κ1) is 13.8. The molecule has 2 aromatic rings. The second kappa shape index (κ2) is 5.30. The molecule has 0 aliphatic heterocycles. The smallest absolute Gasteiger partial charge is 0.313 e. The molecule has 0 radical (unpaired) electrons. The van der Waals surface area contributed by atoms with Gasteiger partial charge >= 0.3 is 5.97 Å². The standard InChI is InChI=1S/C14H15ClN2O2S/c1-8-4-10(5-8)17-12-6-9(15)2-3-11(12)16-14(17)20-7-13(18)19/h2-3,6,8,10H,4-5,7H2,1H3,(H,18,19). The average Bonchev–Trinajstić information content (AvgIpc) is 2.70. The van der Waals surface area contributed by atoms with E-state index < -0.39 is 5.97 Å². The SMILES string of the molecule is CC1CC(n2c(SCC(=O)O)nc3ccc(Cl)cc32)C1. The molecule has 106 valence electrons. The number of carbonyl (C=O) groups is 1. The highest BCUT2D eigenvalue weighted by atomic mass is 35.5. The first-order valence-corrected chi connectivity index (χ1v) is 7.93. The van der Waals surface area contributed by atoms with Crippen LogP contribution in [0.3, 0.4) is 0 Å². The van der Waals surface area contributed by atoms with Crippen molar-refractivity contribution in [1.82, 2.24) is 9.55 Å². The molecule has 1 aliphatic rings. The van der Waals surface area contributed by atoms with E-state index in [9.17, 15) is 4.79 Å². The van der Waals surface area contributed by atoms with Gasteiger partial charge in [-0.3, -0.25) is 4.79 Å². The fraction of sp³-hybridized carbons (Fsp3) is 0.429. The molecule has 0 bridgehead atoms. The van der Waals surface area contributed by atoms with Crippen LogP contribution in [0.4, 0.5) is 0 Å². The molecule has 1 aromatic heterocycles. The topological polar surface area (TPSA) is 55.1 Å². The molecule has 1 aromatic carbocycles. The number of aromatic nitrogens is 2. The van der Waals surface area contributed by atoms with Gasteiger partial charge in [-0.25, -0.2) is 4.98 Å². The van der Waals surface area contributed by atoms with Crippen LogP contribution in [0.2, 0.25) is 5.02 Å². The Morgan fingerprint density at radius 2 is 2.30 bits per heavy atom. The molecule has 20 heavy (non-hydrogen) atoms. The molecule has 1 aliphatic carbocycles. The summed E-state index contributed by atoms with van der Waals surface area (Å²) in [5.41, 5.74) is 1.88. The molecule has 0 unspecified atom stereocenters. The number of hydrogen-bond donors (Lipinski definition) is 1. The van der Waals surface area contributed by atoms with Gasteiger partial charge in [0.15, 0.2) is 5.16 Å². The largest absolute Gasteiger partial charge is 0.481 e. The number of benzene rings is 1. The number of thioether (sulfide) groups is 1. The third kappa shape index (κ3) is 2.52. The molecule has 1 fully saturated rings. The van der Waals surface area contributed by atoms with Gasteiger partial charge in [0.25, 0.3) is 0 Å². The summed E-state index contributed by atoms with van der Waals surface area (Å²) in [6.07, 6.45) is 2.22. The number of carboxylic acid groups (broad SMARTS) is 1. The summed E-state index contributed by atoms with van der Waals surface area (Å²) in [7, 11) is 0. The van der Waals surface area contributed by atoms with Gasteiger partial charge in [0.05, 0.1) is 16.8 Å². The molecule has 6 heteroatoms. The van der Waals surface area contributed by atoms with Crippen molar-refractivity contribution >= 4 is 40.4 Å². The third-order valence-corrected chi connectivity index (χ3v) is 4.83. The van der Waals surface area contributed by atoms with Gasteiger partial charge in [-0.05, 0) is 37.0 Å². The van der Waals surface area contributed by atoms with Gasteiger partial charge in [0.2, 0.25) is 0 Å². The summed E-state index contributed by atoms with van der Waals surface area (Å²) in [4.78, 5) is 15.3. The average molecular weight is 311 g/mol. The van der Waals surface area contributed by atoms with Crippen molar-refractivity contribution in [2.75, 3.05) is 5.75 Å². The number of aliphatic carboxylic acids is 1. The number of carboxylic acids is 1. The second-order valence-electron chi connectivity index (χ2n) is 5.31. The van der Waals surface area contributed by atoms with Crippen molar-refractivity contribution in [3.05, 3.63) is 23.2 Å². The molecule has 1 saturated carbocycles. The number of rotatable bonds is 4. The van der Waals surface area contributed by atoms with Gasteiger partial charge < -0.3 is 9.67 Å². The maximum Gasteiger partial charge on any atom is 0.313 e. The van der Waals surface area contributed by atoms with Crippen molar-refractivity contribution in [2.45, 2.75) is 31.0 Å². The first-order valence-electron chi connectivity index (χ1n) is 6.56. The summed E-state index contributed by atoms with van der Waals surface area (Å²) >= 11 is 7.35. The van der Waals surface area contributed by atoms with Gasteiger partial charge in [-0.2, -0.15) is 0 Å². The van der Waals surface area contributed by atoms with E-state index in [4.69, 9.17) is 16.7 Å². The van der Waals surface area contributed by atoms with Crippen LogP contribution in [0.5, 0.6) is 0 Å². The lowest BCUT2D eigenvalue weighted by Gasteiger charge is -2.35. The lowest BCUT2D eigenvalue weighted by Crippen LogP contribution is -2.25. The van der Waals surface area contributed by atoms with Crippen LogP contribution in [-0.4, -0.2) is 26.4 Å². The fourth-order valence-electron chi connectivity index (χ4n) is 2.70. The van der Waals surface area contributed by atoms with Crippen LogP contribution in [-0.2, 0) is 4.79 Å². The molecular formula is C14H15ClN2O2S. The highest BCUT2D eigenvalue weighted by Gasteiger charge is 2.30. The van der Waals surface area contributed by atoms with Crippen molar-refractivity contribution < 1.29 is 9.90 Å². The lowest BCUT2D eigenvalue weighted by atomic mass is 9.81. The zero-order valence-corrected chi connectivity index (χ0v) is 12.6. The van der Waals surface area contributed by atoms with Crippen molar-refractivity contribution in [1.29, 1.82) is 0 Å². The number of fused-ring (bicyclic) bond motifs is 1. The highest BCUT2D eigenvalue weighted by Crippen LogP contribution is 2.42. The van der Waals surface area contributed by atoms with Crippen LogP contribution >= 0.6 is 23.4 Å². The van der Waals surface area contributed by atoms with E-state index in [2.05, 4.69) is 16.5 Å². The molecule has 4 nitrogen and oxygen atoms in total. The minimum absolute atomic E-state index is 0.0271. The number of halogens is 1. The van der Waals surface area contributed by atoms with Crippen molar-refractivity contribution in [3.8, 4) is 0 Å². The van der Waals surface area contributed by atoms with E-state index in [0.29, 0.717) is 17.0 Å². The molecule has 1 heterocycles. The van der Waals surface area contributed by atoms with Gasteiger partial charge in [0, 0.05) is 11.1 Å². The number of imidazole rings is 1. The van der Waals surface area contributed by atoms with E-state index >= 15 is 0 Å². The summed E-state index contributed by atoms with van der Waals surface area (Å²) in [5.74, 6) is -0.0816. The zero-order chi connectivity index (χ0) is 14.3. The molecular weight excluding hydrogens is 296 g/mol. The first-order chi connectivity index (χ1) is 9.54. The molecule has 0 amide bonds. The Balaban J connectivity index is 2.03. The van der Waals surface area contributed by atoms with Crippen molar-refractivity contribution in [3.63, 3.8) is 0 Å². The van der Waals surface area contributed by atoms with Gasteiger partial charge in [-0.1, -0.05) is 30.3 Å². The number of hydrogen-bond acceptors (Lipinski definition) is 3. The van der Waals surface area contributed by atoms with E-state index in [1.165, 1.54) is 11.8 Å². The van der Waals surface area contributed by atoms with Crippen LogP contribution in [0.1, 0.15) is 25.8 Å². The predicted octanol–water partition coefficient (Wildman–Crippen LogP) is 3.84. The van der Waals surface area contributed by atoms with E-state index in [-0.39, 0.29) is 5.75 Å². The maximum atomic E-state index is 10.8. The minimum Gasteiger partial charge on any atom is -0.481 e. The van der Waals surface area contributed by atoms with Gasteiger partial charge in [0.1, 0.15) is 0 Å². The summed E-state index contributed by atoms with van der Waals surface area (Å²) in [6, 6.07) is 6.03. The Morgan fingerprint density at radius 1 is 1.55 bits per heavy atom. The Kier molecular flexibility index (Phi) is 3.65. The summed E-state index contributed by atoms with van der Waals surface area (Å²) < 4.78 is 2.16. The van der Waals surface area contributed by atoms with Crippen molar-refractivity contribution in [2.24, 2.45) is 5.92 Å². The van der Waals surface area contributed by atoms with Crippen LogP contribution in [0.25, 0.3) is 11.0 Å². The van der Waals surface area contributed by atoms with E-state index in [0.717, 1.165) is 29.0 Å². The lowest BCUT2D eigenvalue weighted by molar-refractivity contribution is -0.133.